The van der Waals surface area contributed by atoms with Crippen molar-refractivity contribution in [3.8, 4) is 0 Å². The summed E-state index contributed by atoms with van der Waals surface area (Å²) in [5, 5.41) is 7.92. The number of ether oxygens (including phenoxy) is 1. The van der Waals surface area contributed by atoms with Crippen LogP contribution >= 0.6 is 0 Å². The van der Waals surface area contributed by atoms with Crippen molar-refractivity contribution in [3.05, 3.63) is 24.2 Å². The molecule has 160 valence electrons. The summed E-state index contributed by atoms with van der Waals surface area (Å²) in [6.07, 6.45) is 11.7. The van der Waals surface area contributed by atoms with E-state index >= 15 is 0 Å². The Balaban J connectivity index is 1.87. The molecule has 0 saturated carbocycles. The number of unbranched alkanes of at least 4 members (excludes halogenated alkanes) is 3. The predicted octanol–water partition coefficient (Wildman–Crippen LogP) is 5.00. The molecule has 1 aliphatic heterocycles. The molecule has 0 spiro atoms. The number of nitrogens with one attached hydrogen (secondary N) is 1. The molecule has 0 unspecified atom stereocenters. The molecular weight excluding hydrogens is 469 g/mol. The molecule has 3 rings (SSSR count). The van der Waals surface area contributed by atoms with Crippen molar-refractivity contribution in [2.24, 2.45) is 0 Å². The van der Waals surface area contributed by atoms with Crippen molar-refractivity contribution < 1.29 is 4.74 Å². The number of anilines is 2. The number of fused-ring (bicyclic) bond motifs is 1. The molecule has 0 atom stereocenters. The Kier molecular flexibility index (Phi) is 8.78. The van der Waals surface area contributed by atoms with Gasteiger partial charge in [-0.05, 0) is 0 Å². The molecule has 7 heteroatoms. The third kappa shape index (κ3) is 5.72. The van der Waals surface area contributed by atoms with Crippen molar-refractivity contribution in [2.75, 3.05) is 11.9 Å². The van der Waals surface area contributed by atoms with Gasteiger partial charge in [0, 0.05) is 0 Å². The van der Waals surface area contributed by atoms with Crippen LogP contribution in [0.4, 0.5) is 11.6 Å². The van der Waals surface area contributed by atoms with Gasteiger partial charge >= 0.3 is 180 Å². The van der Waals surface area contributed by atoms with Crippen LogP contribution in [-0.4, -0.2) is 44.7 Å². The second-order valence-electron chi connectivity index (χ2n) is 8.26. The van der Waals surface area contributed by atoms with Gasteiger partial charge in [-0.25, -0.2) is 0 Å². The standard InChI is InChI=1S/C10H10N5O.3C4H9.Sn/c1-2-11-10(12-3-1)14-8-6-13-15-4-5-16-7-9(8)15;3*1-3-4-2;/h1-2,6H,4-5,7H2,(H,11,12,14);3*1,3-4H2,2H3;. The quantitative estimate of drug-likeness (QED) is 0.411. The monoisotopic (exact) mass is 507 g/mol. The van der Waals surface area contributed by atoms with E-state index in [2.05, 4.69) is 42.2 Å². The van der Waals surface area contributed by atoms with Gasteiger partial charge in [0.2, 0.25) is 0 Å². The Morgan fingerprint density at radius 3 is 2.41 bits per heavy atom. The van der Waals surface area contributed by atoms with Crippen LogP contribution in [0.15, 0.2) is 18.5 Å². The fourth-order valence-electron chi connectivity index (χ4n) is 4.32. The molecule has 0 aromatic carbocycles. The van der Waals surface area contributed by atoms with Crippen molar-refractivity contribution in [1.82, 2.24) is 19.7 Å². The first kappa shape index (κ1) is 22.5. The van der Waals surface area contributed by atoms with Gasteiger partial charge in [0.05, 0.1) is 0 Å². The molecule has 0 fully saturated rings. The maximum absolute atomic E-state index is 5.61. The zero-order chi connectivity index (χ0) is 20.5. The molecule has 3 heterocycles. The van der Waals surface area contributed by atoms with E-state index in [-0.39, 0.29) is 0 Å². The maximum atomic E-state index is 5.61. The Bertz CT molecular complexity index is 742. The van der Waals surface area contributed by atoms with Gasteiger partial charge < -0.3 is 0 Å². The molecule has 0 aliphatic carbocycles. The second-order valence-corrected chi connectivity index (χ2v) is 21.3. The van der Waals surface area contributed by atoms with Crippen LogP contribution in [0.1, 0.15) is 65.0 Å². The number of rotatable bonds is 12. The first-order valence-corrected chi connectivity index (χ1v) is 18.9. The molecule has 0 bridgehead atoms. The molecule has 0 saturated heterocycles. The Labute approximate surface area is 179 Å². The summed E-state index contributed by atoms with van der Waals surface area (Å²) < 4.78 is 13.3. The van der Waals surface area contributed by atoms with Crippen LogP contribution in [0, 0.1) is 0 Å². The molecular formula is C22H37N5OSn. The van der Waals surface area contributed by atoms with Crippen molar-refractivity contribution in [1.29, 1.82) is 0 Å². The van der Waals surface area contributed by atoms with Crippen LogP contribution < -0.4 is 9.03 Å². The van der Waals surface area contributed by atoms with E-state index in [9.17, 15) is 0 Å². The normalized spacial score (nSPS) is 14.0. The van der Waals surface area contributed by atoms with Gasteiger partial charge in [-0.1, -0.05) is 0 Å². The number of hydrogen-bond donors (Lipinski definition) is 1. The SMILES string of the molecule is CCC[CH2][Sn]([CH2]CCC)([CH2]CCC)[c]1ccnc(Nc2cnn3c2COCC3)n1. The zero-order valence-corrected chi connectivity index (χ0v) is 21.3. The molecule has 0 amide bonds. The van der Waals surface area contributed by atoms with Crippen molar-refractivity contribution in [2.45, 2.75) is 85.8 Å². The Morgan fingerprint density at radius 1 is 1.07 bits per heavy atom. The molecule has 0 radical (unpaired) electrons. The van der Waals surface area contributed by atoms with E-state index in [1.165, 1.54) is 55.5 Å². The summed E-state index contributed by atoms with van der Waals surface area (Å²) in [5.41, 5.74) is 2.06. The molecule has 2 aromatic rings. The van der Waals surface area contributed by atoms with Gasteiger partial charge in [0.15, 0.2) is 0 Å². The van der Waals surface area contributed by atoms with Gasteiger partial charge in [-0.2, -0.15) is 0 Å². The van der Waals surface area contributed by atoms with Crippen molar-refractivity contribution in [3.63, 3.8) is 0 Å². The van der Waals surface area contributed by atoms with E-state index in [0.717, 1.165) is 30.5 Å². The zero-order valence-electron chi connectivity index (χ0n) is 18.4. The Morgan fingerprint density at radius 2 is 1.76 bits per heavy atom. The third-order valence-electron chi connectivity index (χ3n) is 6.11. The van der Waals surface area contributed by atoms with Crippen LogP contribution in [-0.2, 0) is 17.9 Å². The number of aromatic nitrogens is 4. The third-order valence-corrected chi connectivity index (χ3v) is 21.2. The topological polar surface area (TPSA) is 64.9 Å². The van der Waals surface area contributed by atoms with E-state index in [4.69, 9.17) is 9.72 Å². The summed E-state index contributed by atoms with van der Waals surface area (Å²) in [6.45, 7) is 9.07. The number of nitrogens with zero attached hydrogens (tertiary/aromatic N) is 4. The number of hydrogen-bond acceptors (Lipinski definition) is 5. The van der Waals surface area contributed by atoms with E-state index in [1.807, 2.05) is 17.1 Å². The minimum absolute atomic E-state index is 0.592. The minimum atomic E-state index is -2.55. The van der Waals surface area contributed by atoms with Gasteiger partial charge in [0.25, 0.3) is 0 Å². The second kappa shape index (κ2) is 11.3. The van der Waals surface area contributed by atoms with Gasteiger partial charge in [0.1, 0.15) is 0 Å². The van der Waals surface area contributed by atoms with Crippen LogP contribution in [0.25, 0.3) is 0 Å². The van der Waals surface area contributed by atoms with Crippen LogP contribution in [0.5, 0.6) is 0 Å². The first-order chi connectivity index (χ1) is 14.2. The molecule has 6 nitrogen and oxygen atoms in total. The van der Waals surface area contributed by atoms with Crippen molar-refractivity contribution >= 4 is 33.7 Å². The van der Waals surface area contributed by atoms with Crippen LogP contribution in [0.2, 0.25) is 13.3 Å². The van der Waals surface area contributed by atoms with Crippen LogP contribution in [0.3, 0.4) is 0 Å². The Hall–Kier alpha value is -1.15. The summed E-state index contributed by atoms with van der Waals surface area (Å²) in [5.74, 6) is 0.717. The van der Waals surface area contributed by atoms with Gasteiger partial charge in [-0.3, -0.25) is 0 Å². The molecule has 29 heavy (non-hydrogen) atoms. The van der Waals surface area contributed by atoms with Gasteiger partial charge in [-0.15, -0.1) is 0 Å². The summed E-state index contributed by atoms with van der Waals surface area (Å²) >= 11 is -2.55. The predicted molar refractivity (Wildman–Crippen MR) is 122 cm³/mol. The first-order valence-electron chi connectivity index (χ1n) is 11.5. The average molecular weight is 506 g/mol. The molecule has 1 N–H and O–H groups in total. The molecule has 1 aliphatic rings. The van der Waals surface area contributed by atoms with E-state index < -0.39 is 18.4 Å². The van der Waals surface area contributed by atoms with E-state index in [1.54, 1.807) is 0 Å². The fraction of sp³-hybridized carbons (Fsp3) is 0.682. The molecule has 2 aromatic heterocycles. The van der Waals surface area contributed by atoms with E-state index in [0.29, 0.717) is 6.61 Å². The summed E-state index contributed by atoms with van der Waals surface area (Å²) in [4.78, 5) is 9.67. The average Bonchev–Trinajstić information content (AvgIpc) is 3.16. The summed E-state index contributed by atoms with van der Waals surface area (Å²) in [7, 11) is 0. The fourth-order valence-corrected chi connectivity index (χ4v) is 19.7. The summed E-state index contributed by atoms with van der Waals surface area (Å²) in [6, 6.07) is 2.23.